The van der Waals surface area contributed by atoms with E-state index in [1.165, 1.54) is 10.4 Å². The first-order valence-electron chi connectivity index (χ1n) is 5.85. The molecule has 1 aliphatic carbocycles. The molecule has 94 valence electrons. The summed E-state index contributed by atoms with van der Waals surface area (Å²) >= 11 is 11.4. The van der Waals surface area contributed by atoms with E-state index >= 15 is 0 Å². The Kier molecular flexibility index (Phi) is 3.34. The van der Waals surface area contributed by atoms with E-state index in [-0.39, 0.29) is 0 Å². The van der Waals surface area contributed by atoms with Crippen LogP contribution in [0.2, 0.25) is 5.02 Å². The third-order valence-electron chi connectivity index (χ3n) is 3.30. The number of hydrogen-bond acceptors (Lipinski definition) is 3. The average Bonchev–Trinajstić information content (AvgIpc) is 2.69. The molecule has 0 amide bonds. The molecule has 0 aliphatic heterocycles. The lowest BCUT2D eigenvalue weighted by atomic mass is 9.86. The van der Waals surface area contributed by atoms with Gasteiger partial charge in [0.2, 0.25) is 0 Å². The summed E-state index contributed by atoms with van der Waals surface area (Å²) in [5, 5.41) is 1.48. The molecule has 18 heavy (non-hydrogen) atoms. The number of rotatable bonds is 1. The van der Waals surface area contributed by atoms with Gasteiger partial charge in [-0.1, -0.05) is 33.6 Å². The SMILES string of the molecule is Nc1nc2c(s1)C(c1ccc(Br)cc1Cl)CCC2. The van der Waals surface area contributed by atoms with E-state index in [1.54, 1.807) is 11.3 Å². The van der Waals surface area contributed by atoms with Gasteiger partial charge in [0.1, 0.15) is 0 Å². The standard InChI is InChI=1S/C13H12BrClN2S/c14-7-4-5-8(10(15)6-7)9-2-1-3-11-12(9)18-13(16)17-11/h4-6,9H,1-3H2,(H2,16,17). The number of thiazole rings is 1. The highest BCUT2D eigenvalue weighted by Gasteiger charge is 2.26. The van der Waals surface area contributed by atoms with E-state index in [0.717, 1.165) is 34.5 Å². The van der Waals surface area contributed by atoms with Gasteiger partial charge < -0.3 is 5.73 Å². The second-order valence-corrected chi connectivity index (χ2v) is 6.86. The first-order valence-corrected chi connectivity index (χ1v) is 7.84. The van der Waals surface area contributed by atoms with Gasteiger partial charge in [-0.2, -0.15) is 0 Å². The molecule has 1 aromatic carbocycles. The first kappa shape index (κ1) is 12.5. The van der Waals surface area contributed by atoms with Crippen LogP contribution in [-0.4, -0.2) is 4.98 Å². The second-order valence-electron chi connectivity index (χ2n) is 4.47. The largest absolute Gasteiger partial charge is 0.375 e. The predicted octanol–water partition coefficient (Wildman–Crippen LogP) is 4.61. The Hall–Kier alpha value is -0.580. The summed E-state index contributed by atoms with van der Waals surface area (Å²) in [5.41, 5.74) is 8.17. The van der Waals surface area contributed by atoms with Crippen LogP contribution in [0.5, 0.6) is 0 Å². The minimum atomic E-state index is 0.351. The van der Waals surface area contributed by atoms with Crippen LogP contribution in [-0.2, 0) is 6.42 Å². The molecule has 0 saturated heterocycles. The zero-order valence-corrected chi connectivity index (χ0v) is 12.8. The van der Waals surface area contributed by atoms with Gasteiger partial charge in [0.15, 0.2) is 5.13 Å². The van der Waals surface area contributed by atoms with Crippen molar-refractivity contribution in [1.82, 2.24) is 4.98 Å². The molecule has 0 bridgehead atoms. The Morgan fingerprint density at radius 2 is 2.28 bits per heavy atom. The number of fused-ring (bicyclic) bond motifs is 1. The van der Waals surface area contributed by atoms with Gasteiger partial charge in [0.25, 0.3) is 0 Å². The van der Waals surface area contributed by atoms with E-state index in [4.69, 9.17) is 17.3 Å². The minimum Gasteiger partial charge on any atom is -0.375 e. The Balaban J connectivity index is 2.07. The Morgan fingerprint density at radius 3 is 3.06 bits per heavy atom. The Morgan fingerprint density at radius 1 is 1.44 bits per heavy atom. The van der Waals surface area contributed by atoms with Crippen molar-refractivity contribution < 1.29 is 0 Å². The van der Waals surface area contributed by atoms with Crippen LogP contribution in [0.4, 0.5) is 5.13 Å². The molecule has 1 aromatic heterocycles. The number of nitrogens with zero attached hydrogens (tertiary/aromatic N) is 1. The van der Waals surface area contributed by atoms with Gasteiger partial charge >= 0.3 is 0 Å². The molecule has 2 aromatic rings. The molecular weight excluding hydrogens is 332 g/mol. The molecule has 1 unspecified atom stereocenters. The Bertz CT molecular complexity index is 597. The summed E-state index contributed by atoms with van der Waals surface area (Å²) in [6.45, 7) is 0. The summed E-state index contributed by atoms with van der Waals surface area (Å²) in [6.07, 6.45) is 3.30. The number of halogens is 2. The fourth-order valence-electron chi connectivity index (χ4n) is 2.52. The number of nitrogens with two attached hydrogens (primary N) is 1. The molecule has 3 rings (SSSR count). The van der Waals surface area contributed by atoms with Crippen molar-refractivity contribution in [3.8, 4) is 0 Å². The molecule has 1 aliphatic rings. The van der Waals surface area contributed by atoms with E-state index in [2.05, 4.69) is 27.0 Å². The fraction of sp³-hybridized carbons (Fsp3) is 0.308. The zero-order chi connectivity index (χ0) is 12.7. The van der Waals surface area contributed by atoms with Gasteiger partial charge in [-0.25, -0.2) is 4.98 Å². The van der Waals surface area contributed by atoms with Crippen LogP contribution in [0.1, 0.15) is 34.9 Å². The monoisotopic (exact) mass is 342 g/mol. The van der Waals surface area contributed by atoms with Gasteiger partial charge in [-0.15, -0.1) is 11.3 Å². The highest BCUT2D eigenvalue weighted by molar-refractivity contribution is 9.10. The molecule has 0 fully saturated rings. The third kappa shape index (κ3) is 2.17. The van der Waals surface area contributed by atoms with Crippen LogP contribution in [0, 0.1) is 0 Å². The van der Waals surface area contributed by atoms with E-state index in [1.807, 2.05) is 12.1 Å². The summed E-state index contributed by atoms with van der Waals surface area (Å²) in [7, 11) is 0. The van der Waals surface area contributed by atoms with Crippen LogP contribution < -0.4 is 5.73 Å². The van der Waals surface area contributed by atoms with Crippen LogP contribution in [0.25, 0.3) is 0 Å². The topological polar surface area (TPSA) is 38.9 Å². The minimum absolute atomic E-state index is 0.351. The maximum absolute atomic E-state index is 6.36. The van der Waals surface area contributed by atoms with Crippen molar-refractivity contribution >= 4 is 44.0 Å². The maximum atomic E-state index is 6.36. The summed E-state index contributed by atoms with van der Waals surface area (Å²) in [4.78, 5) is 5.71. The number of nitrogen functional groups attached to an aromatic ring is 1. The molecular formula is C13H12BrClN2S. The average molecular weight is 344 g/mol. The van der Waals surface area contributed by atoms with E-state index in [0.29, 0.717) is 11.0 Å². The van der Waals surface area contributed by atoms with Gasteiger partial charge in [-0.05, 0) is 37.0 Å². The molecule has 0 radical (unpaired) electrons. The highest BCUT2D eigenvalue weighted by Crippen LogP contribution is 2.43. The lowest BCUT2D eigenvalue weighted by molar-refractivity contribution is 0.617. The zero-order valence-electron chi connectivity index (χ0n) is 9.62. The van der Waals surface area contributed by atoms with Gasteiger partial charge in [0, 0.05) is 20.3 Å². The highest BCUT2D eigenvalue weighted by atomic mass is 79.9. The summed E-state index contributed by atoms with van der Waals surface area (Å²) < 4.78 is 1.01. The molecule has 0 saturated carbocycles. The van der Waals surface area contributed by atoms with Crippen molar-refractivity contribution in [3.63, 3.8) is 0 Å². The number of aromatic nitrogens is 1. The lowest BCUT2D eigenvalue weighted by Crippen LogP contribution is -2.09. The number of anilines is 1. The predicted molar refractivity (Wildman–Crippen MR) is 80.5 cm³/mol. The third-order valence-corrected chi connectivity index (χ3v) is 5.17. The smallest absolute Gasteiger partial charge is 0.180 e. The van der Waals surface area contributed by atoms with Crippen molar-refractivity contribution in [1.29, 1.82) is 0 Å². The summed E-state index contributed by atoms with van der Waals surface area (Å²) in [6, 6.07) is 6.09. The first-order chi connectivity index (χ1) is 8.65. The van der Waals surface area contributed by atoms with Gasteiger partial charge in [0.05, 0.1) is 5.69 Å². The van der Waals surface area contributed by atoms with Crippen LogP contribution in [0.15, 0.2) is 22.7 Å². The normalized spacial score (nSPS) is 18.7. The molecule has 1 atom stereocenters. The van der Waals surface area contributed by atoms with E-state index < -0.39 is 0 Å². The van der Waals surface area contributed by atoms with Crippen molar-refractivity contribution in [2.24, 2.45) is 0 Å². The number of aryl methyl sites for hydroxylation is 1. The maximum Gasteiger partial charge on any atom is 0.180 e. The number of hydrogen-bond donors (Lipinski definition) is 1. The van der Waals surface area contributed by atoms with Crippen molar-refractivity contribution in [3.05, 3.63) is 43.8 Å². The molecule has 1 heterocycles. The molecule has 0 spiro atoms. The fourth-order valence-corrected chi connectivity index (χ4v) is 4.36. The second kappa shape index (κ2) is 4.83. The van der Waals surface area contributed by atoms with Crippen LogP contribution >= 0.6 is 38.9 Å². The molecule has 5 heteroatoms. The number of benzene rings is 1. The Labute approximate surface area is 123 Å². The van der Waals surface area contributed by atoms with E-state index in [9.17, 15) is 0 Å². The van der Waals surface area contributed by atoms with Crippen molar-refractivity contribution in [2.75, 3.05) is 5.73 Å². The van der Waals surface area contributed by atoms with Crippen molar-refractivity contribution in [2.45, 2.75) is 25.2 Å². The quantitative estimate of drug-likeness (QED) is 0.821. The summed E-state index contributed by atoms with van der Waals surface area (Å²) in [5.74, 6) is 0.351. The molecule has 2 N–H and O–H groups in total. The molecule has 2 nitrogen and oxygen atoms in total. The lowest BCUT2D eigenvalue weighted by Gasteiger charge is -2.22. The van der Waals surface area contributed by atoms with Crippen LogP contribution in [0.3, 0.4) is 0 Å². The van der Waals surface area contributed by atoms with Gasteiger partial charge in [-0.3, -0.25) is 0 Å².